The number of ether oxygens (including phenoxy) is 2. The van der Waals surface area contributed by atoms with Gasteiger partial charge in [0, 0.05) is 21.6 Å². The number of tetrazole rings is 1. The summed E-state index contributed by atoms with van der Waals surface area (Å²) in [7, 11) is 3.35. The number of hydrogen-bond acceptors (Lipinski definition) is 6. The minimum atomic E-state index is 0.562. The van der Waals surface area contributed by atoms with E-state index in [0.29, 0.717) is 5.82 Å². The summed E-state index contributed by atoms with van der Waals surface area (Å²) in [5.41, 5.74) is 3.05. The molecule has 0 aliphatic heterocycles. The zero-order valence-corrected chi connectivity index (χ0v) is 15.1. The molecule has 0 saturated carbocycles. The summed E-state index contributed by atoms with van der Waals surface area (Å²) in [6.45, 7) is 0. The lowest BCUT2D eigenvalue weighted by atomic mass is 10.0. The van der Waals surface area contributed by atoms with Crippen LogP contribution in [0, 0.1) is 0 Å². The van der Waals surface area contributed by atoms with Gasteiger partial charge in [-0.25, -0.2) is 0 Å². The van der Waals surface area contributed by atoms with Crippen LogP contribution in [0.1, 0.15) is 0 Å². The van der Waals surface area contributed by atoms with Crippen LogP contribution in [-0.2, 0) is 0 Å². The van der Waals surface area contributed by atoms with E-state index in [2.05, 4.69) is 26.7 Å². The number of methoxy groups -OCH3 is 2. The number of hydrogen-bond donors (Lipinski definition) is 1. The molecule has 130 valence electrons. The number of thiophene rings is 1. The number of nitrogens with zero attached hydrogens (tertiary/aromatic N) is 3. The van der Waals surface area contributed by atoms with Crippen LogP contribution in [0.5, 0.6) is 11.5 Å². The van der Waals surface area contributed by atoms with Crippen molar-refractivity contribution in [2.75, 3.05) is 14.2 Å². The van der Waals surface area contributed by atoms with Gasteiger partial charge < -0.3 is 9.47 Å². The maximum atomic E-state index is 5.57. The Morgan fingerprint density at radius 3 is 2.15 bits per heavy atom. The Bertz CT molecular complexity index is 963. The number of H-pyrrole nitrogens is 1. The third kappa shape index (κ3) is 2.82. The van der Waals surface area contributed by atoms with Crippen molar-refractivity contribution in [3.63, 3.8) is 0 Å². The Morgan fingerprint density at radius 1 is 0.846 bits per heavy atom. The van der Waals surface area contributed by atoms with Gasteiger partial charge in [-0.05, 0) is 29.5 Å². The van der Waals surface area contributed by atoms with E-state index in [4.69, 9.17) is 9.47 Å². The Kier molecular flexibility index (Phi) is 4.37. The summed E-state index contributed by atoms with van der Waals surface area (Å²) in [5, 5.41) is 14.4. The summed E-state index contributed by atoms with van der Waals surface area (Å²) in [4.78, 5) is 1.98. The Hall–Kier alpha value is -3.19. The number of aromatic amines is 1. The molecule has 2 aromatic heterocycles. The van der Waals surface area contributed by atoms with Crippen LogP contribution in [0.15, 0.2) is 54.6 Å². The average molecular weight is 364 g/mol. The molecule has 0 atom stereocenters. The summed E-state index contributed by atoms with van der Waals surface area (Å²) < 4.78 is 11.1. The van der Waals surface area contributed by atoms with E-state index in [1.165, 1.54) is 0 Å². The van der Waals surface area contributed by atoms with Crippen LogP contribution in [0.3, 0.4) is 0 Å². The predicted molar refractivity (Wildman–Crippen MR) is 101 cm³/mol. The largest absolute Gasteiger partial charge is 0.496 e. The lowest BCUT2D eigenvalue weighted by molar-refractivity contribution is 0.416. The fourth-order valence-corrected chi connectivity index (χ4v) is 4.00. The van der Waals surface area contributed by atoms with Crippen LogP contribution >= 0.6 is 11.3 Å². The molecule has 26 heavy (non-hydrogen) atoms. The van der Waals surface area contributed by atoms with Crippen molar-refractivity contribution >= 4 is 11.3 Å². The first-order valence-electron chi connectivity index (χ1n) is 7.96. The van der Waals surface area contributed by atoms with Crippen molar-refractivity contribution < 1.29 is 9.47 Å². The van der Waals surface area contributed by atoms with Crippen LogP contribution in [0.25, 0.3) is 32.3 Å². The monoisotopic (exact) mass is 364 g/mol. The molecule has 7 heteroatoms. The summed E-state index contributed by atoms with van der Waals surface area (Å²) in [5.74, 6) is 2.18. The second-order valence-electron chi connectivity index (χ2n) is 5.49. The third-order valence-corrected chi connectivity index (χ3v) is 5.21. The lowest BCUT2D eigenvalue weighted by Crippen LogP contribution is -1.89. The van der Waals surface area contributed by atoms with Gasteiger partial charge >= 0.3 is 0 Å². The van der Waals surface area contributed by atoms with Gasteiger partial charge in [-0.2, -0.15) is 5.21 Å². The average Bonchev–Trinajstić information content (AvgIpc) is 3.37. The first kappa shape index (κ1) is 16.3. The molecular formula is C19H16N4O2S. The molecule has 0 aliphatic rings. The van der Waals surface area contributed by atoms with E-state index in [1.54, 1.807) is 25.6 Å². The van der Waals surface area contributed by atoms with Crippen molar-refractivity contribution in [3.05, 3.63) is 54.6 Å². The van der Waals surface area contributed by atoms with Gasteiger partial charge in [0.2, 0.25) is 5.82 Å². The molecule has 0 spiro atoms. The van der Waals surface area contributed by atoms with E-state index in [0.717, 1.165) is 37.9 Å². The molecule has 0 aliphatic carbocycles. The summed E-state index contributed by atoms with van der Waals surface area (Å²) in [6.07, 6.45) is 0. The topological polar surface area (TPSA) is 72.9 Å². The molecule has 2 aromatic carbocycles. The zero-order valence-electron chi connectivity index (χ0n) is 14.3. The Morgan fingerprint density at radius 2 is 1.50 bits per heavy atom. The highest BCUT2D eigenvalue weighted by molar-refractivity contribution is 7.19. The van der Waals surface area contributed by atoms with Crippen LogP contribution in [0.2, 0.25) is 0 Å². The SMILES string of the molecule is COc1ccccc1-c1cc(-c2nn[nH]n2)sc1-c1ccccc1OC. The highest BCUT2D eigenvalue weighted by Crippen LogP contribution is 2.47. The molecule has 0 radical (unpaired) electrons. The minimum absolute atomic E-state index is 0.562. The molecule has 0 amide bonds. The first-order valence-corrected chi connectivity index (χ1v) is 8.78. The van der Waals surface area contributed by atoms with Crippen molar-refractivity contribution in [1.29, 1.82) is 0 Å². The van der Waals surface area contributed by atoms with Gasteiger partial charge in [0.05, 0.1) is 19.1 Å². The Labute approximate surface area is 154 Å². The second kappa shape index (κ2) is 6.97. The highest BCUT2D eigenvalue weighted by Gasteiger charge is 2.20. The molecule has 0 bridgehead atoms. The highest BCUT2D eigenvalue weighted by atomic mass is 32.1. The van der Waals surface area contributed by atoms with Gasteiger partial charge in [0.1, 0.15) is 11.5 Å². The third-order valence-electron chi connectivity index (χ3n) is 4.05. The van der Waals surface area contributed by atoms with E-state index >= 15 is 0 Å². The standard InChI is InChI=1S/C19H16N4O2S/c1-24-15-9-5-3-7-12(15)14-11-17(19-20-22-23-21-19)26-18(14)13-8-4-6-10-16(13)25-2/h3-11H,1-2H3,(H,20,21,22,23). The number of nitrogens with one attached hydrogen (secondary N) is 1. The number of para-hydroxylation sites is 2. The minimum Gasteiger partial charge on any atom is -0.496 e. The zero-order chi connectivity index (χ0) is 17.9. The van der Waals surface area contributed by atoms with E-state index in [9.17, 15) is 0 Å². The normalized spacial score (nSPS) is 10.7. The fraction of sp³-hybridized carbons (Fsp3) is 0.105. The molecular weight excluding hydrogens is 348 g/mol. The molecule has 4 rings (SSSR count). The number of rotatable bonds is 5. The van der Waals surface area contributed by atoms with Crippen LogP contribution in [0.4, 0.5) is 0 Å². The maximum absolute atomic E-state index is 5.57. The van der Waals surface area contributed by atoms with Gasteiger partial charge in [-0.1, -0.05) is 30.3 Å². The molecule has 0 saturated heterocycles. The molecule has 0 unspecified atom stereocenters. The van der Waals surface area contributed by atoms with Gasteiger partial charge in [-0.15, -0.1) is 21.5 Å². The number of aromatic nitrogens is 4. The summed E-state index contributed by atoms with van der Waals surface area (Å²) >= 11 is 1.59. The number of benzene rings is 2. The first-order chi connectivity index (χ1) is 12.8. The van der Waals surface area contributed by atoms with Gasteiger partial charge in [-0.3, -0.25) is 0 Å². The van der Waals surface area contributed by atoms with Gasteiger partial charge in [0.25, 0.3) is 0 Å². The van der Waals surface area contributed by atoms with E-state index in [-0.39, 0.29) is 0 Å². The van der Waals surface area contributed by atoms with Crippen molar-refractivity contribution in [1.82, 2.24) is 20.6 Å². The molecule has 0 fully saturated rings. The van der Waals surface area contributed by atoms with E-state index in [1.807, 2.05) is 48.5 Å². The van der Waals surface area contributed by atoms with E-state index < -0.39 is 0 Å². The van der Waals surface area contributed by atoms with Crippen LogP contribution in [-0.4, -0.2) is 34.8 Å². The molecule has 1 N–H and O–H groups in total. The second-order valence-corrected chi connectivity index (χ2v) is 6.54. The predicted octanol–water partition coefficient (Wildman–Crippen LogP) is 4.28. The summed E-state index contributed by atoms with van der Waals surface area (Å²) in [6, 6.07) is 18.0. The van der Waals surface area contributed by atoms with Gasteiger partial charge in [0.15, 0.2) is 0 Å². The Balaban J connectivity index is 1.98. The quantitative estimate of drug-likeness (QED) is 0.572. The van der Waals surface area contributed by atoms with Crippen molar-refractivity contribution in [2.45, 2.75) is 0 Å². The molecule has 6 nitrogen and oxygen atoms in total. The molecule has 2 heterocycles. The van der Waals surface area contributed by atoms with Crippen molar-refractivity contribution in [3.8, 4) is 43.8 Å². The van der Waals surface area contributed by atoms with Crippen molar-refractivity contribution in [2.24, 2.45) is 0 Å². The lowest BCUT2D eigenvalue weighted by Gasteiger charge is -2.11. The maximum Gasteiger partial charge on any atom is 0.214 e. The smallest absolute Gasteiger partial charge is 0.214 e. The van der Waals surface area contributed by atoms with Crippen LogP contribution < -0.4 is 9.47 Å². The fourth-order valence-electron chi connectivity index (χ4n) is 2.87. The molecule has 4 aromatic rings.